The first-order valence-electron chi connectivity index (χ1n) is 11.7. The van der Waals surface area contributed by atoms with Crippen molar-refractivity contribution >= 4 is 17.5 Å². The first kappa shape index (κ1) is 21.2. The molecule has 1 aromatic rings. The van der Waals surface area contributed by atoms with Gasteiger partial charge in [0.15, 0.2) is 0 Å². The van der Waals surface area contributed by atoms with E-state index in [4.69, 9.17) is 4.74 Å². The lowest BCUT2D eigenvalue weighted by atomic mass is 9.87. The van der Waals surface area contributed by atoms with E-state index < -0.39 is 0 Å². The summed E-state index contributed by atoms with van der Waals surface area (Å²) in [5.74, 6) is 0.838. The predicted octanol–water partition coefficient (Wildman–Crippen LogP) is 2.96. The van der Waals surface area contributed by atoms with Gasteiger partial charge in [-0.1, -0.05) is 31.4 Å². The fraction of sp³-hybridized carbons (Fsp3) is 0.667. The van der Waals surface area contributed by atoms with Crippen molar-refractivity contribution in [3.8, 4) is 0 Å². The molecule has 6 heteroatoms. The van der Waals surface area contributed by atoms with Crippen LogP contribution in [0.2, 0.25) is 0 Å². The van der Waals surface area contributed by atoms with Gasteiger partial charge in [0.1, 0.15) is 0 Å². The molecule has 2 heterocycles. The Kier molecular flexibility index (Phi) is 7.26. The van der Waals surface area contributed by atoms with Crippen LogP contribution in [0, 0.1) is 11.8 Å². The summed E-state index contributed by atoms with van der Waals surface area (Å²) in [6.45, 7) is 5.36. The van der Waals surface area contributed by atoms with E-state index in [0.29, 0.717) is 31.8 Å². The van der Waals surface area contributed by atoms with Gasteiger partial charge in [0.25, 0.3) is 0 Å². The summed E-state index contributed by atoms with van der Waals surface area (Å²) in [5, 5.41) is 3.10. The number of piperidine rings is 1. The molecule has 1 aliphatic carbocycles. The van der Waals surface area contributed by atoms with Gasteiger partial charge < -0.3 is 19.9 Å². The number of amides is 2. The van der Waals surface area contributed by atoms with Gasteiger partial charge in [-0.2, -0.15) is 0 Å². The fourth-order valence-electron chi connectivity index (χ4n) is 4.97. The average molecular weight is 414 g/mol. The average Bonchev–Trinajstić information content (AvgIpc) is 2.80. The molecule has 3 fully saturated rings. The number of rotatable bonds is 6. The van der Waals surface area contributed by atoms with E-state index in [9.17, 15) is 9.59 Å². The van der Waals surface area contributed by atoms with Crippen LogP contribution < -0.4 is 10.2 Å². The highest BCUT2D eigenvalue weighted by Gasteiger charge is 2.31. The van der Waals surface area contributed by atoms with Crippen molar-refractivity contribution in [3.05, 3.63) is 29.8 Å². The molecule has 2 aliphatic heterocycles. The van der Waals surface area contributed by atoms with Gasteiger partial charge in [0.05, 0.1) is 19.1 Å². The van der Waals surface area contributed by atoms with Crippen molar-refractivity contribution in [1.29, 1.82) is 0 Å². The van der Waals surface area contributed by atoms with Crippen LogP contribution in [0.5, 0.6) is 0 Å². The number of morpholine rings is 1. The number of nitrogens with zero attached hydrogens (tertiary/aromatic N) is 2. The summed E-state index contributed by atoms with van der Waals surface area (Å²) in [6.07, 6.45) is 7.49. The van der Waals surface area contributed by atoms with Crippen molar-refractivity contribution in [2.24, 2.45) is 11.8 Å². The monoisotopic (exact) mass is 413 g/mol. The largest absolute Gasteiger partial charge is 0.378 e. The molecule has 3 aliphatic rings. The molecule has 0 bridgehead atoms. The highest BCUT2D eigenvalue weighted by atomic mass is 16.5. The topological polar surface area (TPSA) is 61.9 Å². The molecule has 2 saturated heterocycles. The maximum Gasteiger partial charge on any atom is 0.225 e. The maximum atomic E-state index is 12.8. The zero-order valence-electron chi connectivity index (χ0n) is 18.0. The Morgan fingerprint density at radius 2 is 1.77 bits per heavy atom. The smallest absolute Gasteiger partial charge is 0.225 e. The Bertz CT molecular complexity index is 709. The third-order valence-corrected chi connectivity index (χ3v) is 6.85. The van der Waals surface area contributed by atoms with Crippen LogP contribution in [0.25, 0.3) is 0 Å². The molecule has 6 nitrogen and oxygen atoms in total. The van der Waals surface area contributed by atoms with E-state index in [0.717, 1.165) is 38.4 Å². The minimum atomic E-state index is -0.0843. The van der Waals surface area contributed by atoms with Crippen LogP contribution in [-0.4, -0.2) is 56.1 Å². The molecular formula is C24H35N3O3. The summed E-state index contributed by atoms with van der Waals surface area (Å²) in [7, 11) is 0. The summed E-state index contributed by atoms with van der Waals surface area (Å²) >= 11 is 0. The second kappa shape index (κ2) is 10.3. The molecule has 4 rings (SSSR count). The van der Waals surface area contributed by atoms with E-state index in [1.54, 1.807) is 0 Å². The normalized spacial score (nSPS) is 23.5. The second-order valence-corrected chi connectivity index (χ2v) is 9.02. The van der Waals surface area contributed by atoms with Crippen molar-refractivity contribution in [2.75, 3.05) is 44.3 Å². The van der Waals surface area contributed by atoms with Gasteiger partial charge in [0, 0.05) is 44.8 Å². The standard InChI is InChI=1S/C24H35N3O3/c28-23-11-8-21(18-27(23)17-20-4-2-1-3-5-20)24(29)25-16-19-6-9-22(10-7-19)26-12-14-30-15-13-26/h6-7,9-10,20-21H,1-5,8,11-18H2,(H,25,29)/t21-/m1/s1. The minimum absolute atomic E-state index is 0.0772. The lowest BCUT2D eigenvalue weighted by Gasteiger charge is -2.35. The molecule has 0 aromatic heterocycles. The highest BCUT2D eigenvalue weighted by molar-refractivity contribution is 5.83. The van der Waals surface area contributed by atoms with Crippen molar-refractivity contribution in [3.63, 3.8) is 0 Å². The summed E-state index contributed by atoms with van der Waals surface area (Å²) in [6, 6.07) is 8.42. The Labute approximate surface area is 179 Å². The number of carbonyl (C=O) groups is 2. The van der Waals surface area contributed by atoms with Crippen molar-refractivity contribution in [2.45, 2.75) is 51.5 Å². The Morgan fingerprint density at radius 1 is 1.03 bits per heavy atom. The molecule has 1 atom stereocenters. The SMILES string of the molecule is O=C(NCc1ccc(N2CCOCC2)cc1)[C@@H]1CCC(=O)N(CC2CCCCC2)C1. The van der Waals surface area contributed by atoms with Gasteiger partial charge in [-0.15, -0.1) is 0 Å². The summed E-state index contributed by atoms with van der Waals surface area (Å²) < 4.78 is 5.41. The fourth-order valence-corrected chi connectivity index (χ4v) is 4.97. The van der Waals surface area contributed by atoms with Crippen LogP contribution in [0.1, 0.15) is 50.5 Å². The number of hydrogen-bond donors (Lipinski definition) is 1. The Morgan fingerprint density at radius 3 is 2.50 bits per heavy atom. The molecule has 1 saturated carbocycles. The maximum absolute atomic E-state index is 12.8. The Hall–Kier alpha value is -2.08. The van der Waals surface area contributed by atoms with Gasteiger partial charge >= 0.3 is 0 Å². The molecule has 0 radical (unpaired) electrons. The lowest BCUT2D eigenvalue weighted by molar-refractivity contribution is -0.139. The molecular weight excluding hydrogens is 378 g/mol. The molecule has 1 aromatic carbocycles. The summed E-state index contributed by atoms with van der Waals surface area (Å²) in [4.78, 5) is 29.4. The Balaban J connectivity index is 1.25. The van der Waals surface area contributed by atoms with Crippen LogP contribution in [0.3, 0.4) is 0 Å². The van der Waals surface area contributed by atoms with E-state index in [1.165, 1.54) is 37.8 Å². The number of anilines is 1. The lowest BCUT2D eigenvalue weighted by Crippen LogP contribution is -2.47. The van der Waals surface area contributed by atoms with Crippen LogP contribution in [0.4, 0.5) is 5.69 Å². The zero-order chi connectivity index (χ0) is 20.8. The summed E-state index contributed by atoms with van der Waals surface area (Å²) in [5.41, 5.74) is 2.31. The molecule has 2 amide bonds. The van der Waals surface area contributed by atoms with Gasteiger partial charge in [-0.3, -0.25) is 9.59 Å². The van der Waals surface area contributed by atoms with Crippen molar-refractivity contribution in [1.82, 2.24) is 10.2 Å². The number of benzene rings is 1. The number of carbonyl (C=O) groups excluding carboxylic acids is 2. The first-order valence-corrected chi connectivity index (χ1v) is 11.7. The molecule has 0 spiro atoms. The van der Waals surface area contributed by atoms with Crippen LogP contribution >= 0.6 is 0 Å². The molecule has 1 N–H and O–H groups in total. The minimum Gasteiger partial charge on any atom is -0.378 e. The number of hydrogen-bond acceptors (Lipinski definition) is 4. The number of likely N-dealkylation sites (tertiary alicyclic amines) is 1. The third-order valence-electron chi connectivity index (χ3n) is 6.85. The predicted molar refractivity (Wildman–Crippen MR) is 117 cm³/mol. The van der Waals surface area contributed by atoms with Crippen LogP contribution in [0.15, 0.2) is 24.3 Å². The molecule has 164 valence electrons. The zero-order valence-corrected chi connectivity index (χ0v) is 18.0. The van der Waals surface area contributed by atoms with Crippen molar-refractivity contribution < 1.29 is 14.3 Å². The number of nitrogens with one attached hydrogen (secondary N) is 1. The van der Waals surface area contributed by atoms with E-state index in [2.05, 4.69) is 34.5 Å². The molecule has 30 heavy (non-hydrogen) atoms. The second-order valence-electron chi connectivity index (χ2n) is 9.02. The van der Waals surface area contributed by atoms with Gasteiger partial charge in [0.2, 0.25) is 11.8 Å². The van der Waals surface area contributed by atoms with E-state index in [1.807, 2.05) is 4.90 Å². The van der Waals surface area contributed by atoms with Crippen LogP contribution in [-0.2, 0) is 20.9 Å². The molecule has 0 unspecified atom stereocenters. The van der Waals surface area contributed by atoms with Gasteiger partial charge in [-0.05, 0) is 42.9 Å². The third kappa shape index (κ3) is 5.54. The van der Waals surface area contributed by atoms with E-state index in [-0.39, 0.29) is 17.7 Å². The highest BCUT2D eigenvalue weighted by Crippen LogP contribution is 2.27. The van der Waals surface area contributed by atoms with Gasteiger partial charge in [-0.25, -0.2) is 0 Å². The number of ether oxygens (including phenoxy) is 1. The first-order chi connectivity index (χ1) is 14.7. The quantitative estimate of drug-likeness (QED) is 0.779. The van der Waals surface area contributed by atoms with E-state index >= 15 is 0 Å².